The summed E-state index contributed by atoms with van der Waals surface area (Å²) in [5.74, 6) is 0. The van der Waals surface area contributed by atoms with Gasteiger partial charge in [0.2, 0.25) is 0 Å². The average molecular weight is 1180 g/mol. The van der Waals surface area contributed by atoms with Gasteiger partial charge >= 0.3 is 0 Å². The molecule has 0 aliphatic heterocycles. The molecule has 0 fully saturated rings. The summed E-state index contributed by atoms with van der Waals surface area (Å²) in [6.07, 6.45) is 0. The Morgan fingerprint density at radius 1 is 0.130 bits per heavy atom. The van der Waals surface area contributed by atoms with Crippen LogP contribution in [0.1, 0.15) is 0 Å². The highest BCUT2D eigenvalue weighted by atomic mass is 15.2. The van der Waals surface area contributed by atoms with Crippen LogP contribution in [0.15, 0.2) is 376 Å². The van der Waals surface area contributed by atoms with Crippen LogP contribution < -0.4 is 19.6 Å². The van der Waals surface area contributed by atoms with E-state index < -0.39 is 0 Å². The third-order valence-corrected chi connectivity index (χ3v) is 17.8. The Morgan fingerprint density at radius 2 is 0.359 bits per heavy atom. The minimum atomic E-state index is 1.07. The lowest BCUT2D eigenvalue weighted by atomic mass is 10.0. The summed E-state index contributed by atoms with van der Waals surface area (Å²) in [6, 6.07) is 136. The molecular weight excluding hydrogens is 1110 g/mol. The van der Waals surface area contributed by atoms with Crippen LogP contribution in [0.4, 0.5) is 68.2 Å². The van der Waals surface area contributed by atoms with Gasteiger partial charge in [-0.15, -0.1) is 0 Å². The Kier molecular flexibility index (Phi) is 14.6. The van der Waals surface area contributed by atoms with Crippen molar-refractivity contribution >= 4 is 111 Å². The molecule has 0 heterocycles. The minimum absolute atomic E-state index is 1.07. The fraction of sp³-hybridized carbons (Fsp3) is 0. The van der Waals surface area contributed by atoms with Gasteiger partial charge in [0, 0.05) is 67.6 Å². The first-order valence-corrected chi connectivity index (χ1v) is 31.5. The second-order valence-electron chi connectivity index (χ2n) is 23.4. The van der Waals surface area contributed by atoms with Crippen molar-refractivity contribution in [2.45, 2.75) is 0 Å². The second kappa shape index (κ2) is 24.4. The van der Waals surface area contributed by atoms with E-state index in [1.54, 1.807) is 0 Å². The van der Waals surface area contributed by atoms with Crippen LogP contribution in [0.25, 0.3) is 76.5 Å². The van der Waals surface area contributed by atoms with E-state index in [0.29, 0.717) is 0 Å². The SMILES string of the molecule is c1ccc(N(c2ccc(-c3ccc(N(c4ccc(-c5ccc(N(c6ccc(-c7ccc(N(c8ccccc8)c8ccc9ccccc9c8)cc7)cc6)c6cccc7ccccc67)cc5)cc4)c4cccc5ccccc45)cc3)cc2)c2ccc3ccccc3c2)cc1. The van der Waals surface area contributed by atoms with E-state index in [4.69, 9.17) is 0 Å². The lowest BCUT2D eigenvalue weighted by Gasteiger charge is -2.28. The Labute approximate surface area is 537 Å². The summed E-state index contributed by atoms with van der Waals surface area (Å²) in [5.41, 5.74) is 20.1. The van der Waals surface area contributed by atoms with Crippen molar-refractivity contribution in [1.29, 1.82) is 0 Å². The van der Waals surface area contributed by atoms with Crippen molar-refractivity contribution in [3.05, 3.63) is 376 Å². The van der Waals surface area contributed by atoms with Crippen LogP contribution in [0.3, 0.4) is 0 Å². The number of hydrogen-bond donors (Lipinski definition) is 0. The number of para-hydroxylation sites is 2. The summed E-state index contributed by atoms with van der Waals surface area (Å²) in [6.45, 7) is 0. The zero-order valence-corrected chi connectivity index (χ0v) is 50.6. The number of nitrogens with zero attached hydrogens (tertiary/aromatic N) is 4. The molecule has 16 rings (SSSR count). The van der Waals surface area contributed by atoms with Gasteiger partial charge in [-0.3, -0.25) is 0 Å². The molecule has 0 spiro atoms. The highest BCUT2D eigenvalue weighted by Gasteiger charge is 2.20. The monoisotopic (exact) mass is 1170 g/mol. The molecule has 0 aliphatic rings. The molecule has 0 unspecified atom stereocenters. The zero-order valence-electron chi connectivity index (χ0n) is 50.6. The molecular formula is C88H62N4. The van der Waals surface area contributed by atoms with E-state index in [9.17, 15) is 0 Å². The maximum atomic E-state index is 2.39. The van der Waals surface area contributed by atoms with Crippen molar-refractivity contribution in [2.24, 2.45) is 0 Å². The standard InChI is InChI=1S/C88H62N4/c1-3-25-75(26-4-1)89(83-59-45-63-17-7-9-21-73(63)61-83)77-47-33-65(34-48-77)67-37-51-79(52-38-67)91(87-31-15-23-71-19-11-13-29-85(71)87)81-55-41-69(42-56-81)70-43-57-82(58-44-70)92(88-32-16-24-72-20-12-14-30-86(72)88)80-53-39-68(40-54-80)66-35-49-78(50-36-66)90(76-27-5-2-6-28-76)84-60-46-64-18-8-10-22-74(64)62-84/h1-62H. The van der Waals surface area contributed by atoms with Gasteiger partial charge in [0.15, 0.2) is 0 Å². The maximum Gasteiger partial charge on any atom is 0.0540 e. The lowest BCUT2D eigenvalue weighted by molar-refractivity contribution is 1.29. The molecule has 0 aliphatic carbocycles. The number of hydrogen-bond acceptors (Lipinski definition) is 4. The number of benzene rings is 16. The van der Waals surface area contributed by atoms with Crippen LogP contribution in [0.5, 0.6) is 0 Å². The molecule has 0 saturated carbocycles. The van der Waals surface area contributed by atoms with Gasteiger partial charge in [-0.05, 0) is 199 Å². The highest BCUT2D eigenvalue weighted by molar-refractivity contribution is 6.01. The molecule has 4 nitrogen and oxygen atoms in total. The molecule has 0 amide bonds. The average Bonchev–Trinajstić information content (AvgIpc) is 1.19. The van der Waals surface area contributed by atoms with Crippen molar-refractivity contribution in [2.75, 3.05) is 19.6 Å². The third-order valence-electron chi connectivity index (χ3n) is 17.8. The van der Waals surface area contributed by atoms with Gasteiger partial charge in [-0.1, -0.05) is 243 Å². The second-order valence-corrected chi connectivity index (χ2v) is 23.4. The summed E-state index contributed by atoms with van der Waals surface area (Å²) < 4.78 is 0. The van der Waals surface area contributed by atoms with Crippen molar-refractivity contribution < 1.29 is 0 Å². The van der Waals surface area contributed by atoms with Crippen LogP contribution in [0.2, 0.25) is 0 Å². The van der Waals surface area contributed by atoms with Crippen molar-refractivity contribution in [3.8, 4) is 33.4 Å². The van der Waals surface area contributed by atoms with E-state index in [2.05, 4.69) is 396 Å². The van der Waals surface area contributed by atoms with Crippen molar-refractivity contribution in [3.63, 3.8) is 0 Å². The predicted molar refractivity (Wildman–Crippen MR) is 392 cm³/mol. The van der Waals surface area contributed by atoms with Gasteiger partial charge in [0.25, 0.3) is 0 Å². The van der Waals surface area contributed by atoms with Crippen LogP contribution in [-0.2, 0) is 0 Å². The fourth-order valence-corrected chi connectivity index (χ4v) is 13.2. The van der Waals surface area contributed by atoms with E-state index in [1.165, 1.54) is 43.1 Å². The summed E-state index contributed by atoms with van der Waals surface area (Å²) in [7, 11) is 0. The molecule has 0 aromatic heterocycles. The Hall–Kier alpha value is -12.2. The first-order valence-electron chi connectivity index (χ1n) is 31.5. The molecule has 0 saturated heterocycles. The predicted octanol–water partition coefficient (Wildman–Crippen LogP) is 25.2. The van der Waals surface area contributed by atoms with Gasteiger partial charge in [0.05, 0.1) is 11.4 Å². The van der Waals surface area contributed by atoms with E-state index in [1.807, 2.05) is 0 Å². The Morgan fingerprint density at radius 3 is 0.674 bits per heavy atom. The van der Waals surface area contributed by atoms with Gasteiger partial charge in [-0.25, -0.2) is 0 Å². The molecule has 92 heavy (non-hydrogen) atoms. The highest BCUT2D eigenvalue weighted by Crippen LogP contribution is 2.45. The van der Waals surface area contributed by atoms with Crippen molar-refractivity contribution in [1.82, 2.24) is 0 Å². The Balaban J connectivity index is 0.685. The normalized spacial score (nSPS) is 11.3. The smallest absolute Gasteiger partial charge is 0.0540 e. The summed E-state index contributed by atoms with van der Waals surface area (Å²) >= 11 is 0. The fourth-order valence-electron chi connectivity index (χ4n) is 13.2. The number of fused-ring (bicyclic) bond motifs is 4. The summed E-state index contributed by atoms with van der Waals surface area (Å²) in [5, 5.41) is 9.64. The maximum absolute atomic E-state index is 2.39. The largest absolute Gasteiger partial charge is 0.310 e. The topological polar surface area (TPSA) is 13.0 Å². The van der Waals surface area contributed by atoms with Crippen LogP contribution >= 0.6 is 0 Å². The van der Waals surface area contributed by atoms with Crippen LogP contribution in [0, 0.1) is 0 Å². The number of rotatable bonds is 15. The molecule has 0 N–H and O–H groups in total. The zero-order chi connectivity index (χ0) is 61.2. The van der Waals surface area contributed by atoms with E-state index in [0.717, 1.165) is 102 Å². The molecule has 0 atom stereocenters. The van der Waals surface area contributed by atoms with Crippen LogP contribution in [-0.4, -0.2) is 0 Å². The number of anilines is 12. The van der Waals surface area contributed by atoms with E-state index >= 15 is 0 Å². The van der Waals surface area contributed by atoms with Gasteiger partial charge < -0.3 is 19.6 Å². The molecule has 4 heteroatoms. The van der Waals surface area contributed by atoms with E-state index in [-0.39, 0.29) is 0 Å². The molecule has 16 aromatic carbocycles. The quantitative estimate of drug-likeness (QED) is 0.101. The van der Waals surface area contributed by atoms with Gasteiger partial charge in [-0.2, -0.15) is 0 Å². The minimum Gasteiger partial charge on any atom is -0.310 e. The lowest BCUT2D eigenvalue weighted by Crippen LogP contribution is -2.10. The first-order chi connectivity index (χ1) is 45.6. The molecule has 16 aromatic rings. The van der Waals surface area contributed by atoms with Gasteiger partial charge in [0.1, 0.15) is 0 Å². The molecule has 434 valence electrons. The summed E-state index contributed by atoms with van der Waals surface area (Å²) in [4.78, 5) is 9.44. The Bertz CT molecular complexity index is 4900. The molecule has 0 radical (unpaired) electrons. The molecule has 0 bridgehead atoms. The third kappa shape index (κ3) is 10.8. The first kappa shape index (κ1) is 55.1.